The third-order valence-electron chi connectivity index (χ3n) is 2.69. The van der Waals surface area contributed by atoms with Crippen molar-refractivity contribution in [3.63, 3.8) is 0 Å². The van der Waals surface area contributed by atoms with E-state index in [2.05, 4.69) is 22.2 Å². The molecule has 0 spiro atoms. The van der Waals surface area contributed by atoms with E-state index in [1.165, 1.54) is 0 Å². The van der Waals surface area contributed by atoms with Crippen molar-refractivity contribution in [3.05, 3.63) is 24.3 Å². The molecule has 1 unspecified atom stereocenters. The predicted molar refractivity (Wildman–Crippen MR) is 73.5 cm³/mol. The fraction of sp³-hybridized carbons (Fsp3) is 0.385. The maximum atomic E-state index is 5.70. The molecule has 0 aliphatic rings. The quantitative estimate of drug-likeness (QED) is 0.843. The third kappa shape index (κ3) is 2.87. The number of hydrogen-bond donors (Lipinski definition) is 2. The van der Waals surface area contributed by atoms with Crippen LogP contribution >= 0.6 is 0 Å². The minimum absolute atomic E-state index is 0.288. The van der Waals surface area contributed by atoms with Gasteiger partial charge < -0.3 is 15.8 Å². The second kappa shape index (κ2) is 5.64. The summed E-state index contributed by atoms with van der Waals surface area (Å²) in [6, 6.07) is 7.81. The maximum absolute atomic E-state index is 5.70. The smallest absolute Gasteiger partial charge is 0.222 e. The molecule has 0 bridgehead atoms. The molecule has 96 valence electrons. The van der Waals surface area contributed by atoms with Crippen LogP contribution in [0.1, 0.15) is 6.92 Å². The molecule has 5 nitrogen and oxygen atoms in total. The highest BCUT2D eigenvalue weighted by Gasteiger charge is 2.07. The van der Waals surface area contributed by atoms with Crippen LogP contribution in [-0.2, 0) is 4.74 Å². The zero-order chi connectivity index (χ0) is 13.0. The molecule has 1 aromatic carbocycles. The van der Waals surface area contributed by atoms with Crippen LogP contribution in [0, 0.1) is 5.92 Å². The van der Waals surface area contributed by atoms with Gasteiger partial charge in [0.05, 0.1) is 12.1 Å². The van der Waals surface area contributed by atoms with Crippen molar-refractivity contribution in [3.8, 4) is 0 Å². The van der Waals surface area contributed by atoms with Crippen molar-refractivity contribution in [2.45, 2.75) is 6.92 Å². The zero-order valence-electron chi connectivity index (χ0n) is 10.7. The van der Waals surface area contributed by atoms with E-state index in [-0.39, 0.29) is 5.95 Å². The maximum Gasteiger partial charge on any atom is 0.222 e. The van der Waals surface area contributed by atoms with Crippen molar-refractivity contribution in [1.29, 1.82) is 0 Å². The van der Waals surface area contributed by atoms with Crippen LogP contribution in [0.4, 0.5) is 11.8 Å². The number of para-hydroxylation sites is 1. The Bertz CT molecular complexity index is 529. The Kier molecular flexibility index (Phi) is 3.94. The zero-order valence-corrected chi connectivity index (χ0v) is 10.7. The van der Waals surface area contributed by atoms with Gasteiger partial charge >= 0.3 is 0 Å². The van der Waals surface area contributed by atoms with Crippen LogP contribution < -0.4 is 11.1 Å². The summed E-state index contributed by atoms with van der Waals surface area (Å²) in [7, 11) is 1.70. The minimum Gasteiger partial charge on any atom is -0.384 e. The molecule has 0 radical (unpaired) electrons. The van der Waals surface area contributed by atoms with Crippen LogP contribution in [-0.4, -0.2) is 30.2 Å². The predicted octanol–water partition coefficient (Wildman–Crippen LogP) is 1.91. The number of hydrogen-bond acceptors (Lipinski definition) is 5. The lowest BCUT2D eigenvalue weighted by atomic mass is 10.2. The summed E-state index contributed by atoms with van der Waals surface area (Å²) in [6.45, 7) is 3.61. The lowest BCUT2D eigenvalue weighted by Gasteiger charge is -2.13. The van der Waals surface area contributed by atoms with Gasteiger partial charge in [-0.3, -0.25) is 0 Å². The van der Waals surface area contributed by atoms with Crippen molar-refractivity contribution in [1.82, 2.24) is 9.97 Å². The normalized spacial score (nSPS) is 12.6. The van der Waals surface area contributed by atoms with E-state index in [1.54, 1.807) is 7.11 Å². The molecule has 5 heteroatoms. The highest BCUT2D eigenvalue weighted by atomic mass is 16.5. The van der Waals surface area contributed by atoms with Crippen LogP contribution in [0.15, 0.2) is 24.3 Å². The largest absolute Gasteiger partial charge is 0.384 e. The van der Waals surface area contributed by atoms with Gasteiger partial charge in [-0.25, -0.2) is 4.98 Å². The van der Waals surface area contributed by atoms with E-state index in [0.717, 1.165) is 23.3 Å². The lowest BCUT2D eigenvalue weighted by Crippen LogP contribution is -2.17. The van der Waals surface area contributed by atoms with Gasteiger partial charge in [0.1, 0.15) is 5.82 Å². The molecule has 1 heterocycles. The molecule has 1 aromatic heterocycles. The molecule has 0 aliphatic carbocycles. The van der Waals surface area contributed by atoms with E-state index in [9.17, 15) is 0 Å². The Morgan fingerprint density at radius 2 is 2.11 bits per heavy atom. The van der Waals surface area contributed by atoms with Gasteiger partial charge in [0.25, 0.3) is 0 Å². The first-order valence-corrected chi connectivity index (χ1v) is 5.95. The first kappa shape index (κ1) is 12.6. The standard InChI is InChI=1S/C13H18N4O/c1-9(8-18-2)7-15-12-10-5-3-4-6-11(10)16-13(14)17-12/h3-6,9H,7-8H2,1-2H3,(H3,14,15,16,17). The van der Waals surface area contributed by atoms with Gasteiger partial charge in [-0.05, 0) is 18.1 Å². The van der Waals surface area contributed by atoms with Gasteiger partial charge in [0.15, 0.2) is 0 Å². The number of nitrogen functional groups attached to an aromatic ring is 1. The average Bonchev–Trinajstić information content (AvgIpc) is 2.36. The van der Waals surface area contributed by atoms with Gasteiger partial charge in [-0.15, -0.1) is 0 Å². The molecule has 0 amide bonds. The first-order chi connectivity index (χ1) is 8.70. The van der Waals surface area contributed by atoms with E-state index in [4.69, 9.17) is 10.5 Å². The Balaban J connectivity index is 2.21. The molecule has 2 rings (SSSR count). The van der Waals surface area contributed by atoms with Crippen LogP contribution in [0.3, 0.4) is 0 Å². The molecule has 3 N–H and O–H groups in total. The van der Waals surface area contributed by atoms with E-state index < -0.39 is 0 Å². The number of nitrogens with two attached hydrogens (primary N) is 1. The summed E-state index contributed by atoms with van der Waals surface area (Å²) in [5.74, 6) is 1.47. The number of nitrogens with zero attached hydrogens (tertiary/aromatic N) is 2. The monoisotopic (exact) mass is 246 g/mol. The summed E-state index contributed by atoms with van der Waals surface area (Å²) >= 11 is 0. The van der Waals surface area contributed by atoms with E-state index in [1.807, 2.05) is 24.3 Å². The van der Waals surface area contributed by atoms with E-state index >= 15 is 0 Å². The van der Waals surface area contributed by atoms with Crippen molar-refractivity contribution in [2.75, 3.05) is 31.3 Å². The lowest BCUT2D eigenvalue weighted by molar-refractivity contribution is 0.164. The SMILES string of the molecule is COCC(C)CNc1nc(N)nc2ccccc12. The first-order valence-electron chi connectivity index (χ1n) is 5.95. The summed E-state index contributed by atoms with van der Waals surface area (Å²) in [5, 5.41) is 4.28. The van der Waals surface area contributed by atoms with E-state index in [0.29, 0.717) is 12.5 Å². The molecule has 0 aliphatic heterocycles. The van der Waals surface area contributed by atoms with Crippen LogP contribution in [0.5, 0.6) is 0 Å². The van der Waals surface area contributed by atoms with Gasteiger partial charge in [0.2, 0.25) is 5.95 Å². The number of methoxy groups -OCH3 is 1. The Morgan fingerprint density at radius 3 is 2.89 bits per heavy atom. The van der Waals surface area contributed by atoms with Gasteiger partial charge in [0, 0.05) is 19.0 Å². The fourth-order valence-corrected chi connectivity index (χ4v) is 1.84. The molecule has 0 fully saturated rings. The summed E-state index contributed by atoms with van der Waals surface area (Å²) < 4.78 is 5.11. The van der Waals surface area contributed by atoms with Gasteiger partial charge in [-0.1, -0.05) is 19.1 Å². The molecule has 0 saturated carbocycles. The number of benzene rings is 1. The molecule has 0 saturated heterocycles. The second-order valence-electron chi connectivity index (χ2n) is 4.39. The summed E-state index contributed by atoms with van der Waals surface area (Å²) in [5.41, 5.74) is 6.56. The molecule has 2 aromatic rings. The highest BCUT2D eigenvalue weighted by molar-refractivity contribution is 5.89. The topological polar surface area (TPSA) is 73.1 Å². The van der Waals surface area contributed by atoms with Crippen molar-refractivity contribution < 1.29 is 4.74 Å². The number of fused-ring (bicyclic) bond motifs is 1. The number of rotatable bonds is 5. The Morgan fingerprint density at radius 1 is 1.33 bits per heavy atom. The number of nitrogens with one attached hydrogen (secondary N) is 1. The fourth-order valence-electron chi connectivity index (χ4n) is 1.84. The number of ether oxygens (including phenoxy) is 1. The Labute approximate surface area is 106 Å². The van der Waals surface area contributed by atoms with Gasteiger partial charge in [-0.2, -0.15) is 4.98 Å². The minimum atomic E-state index is 0.288. The third-order valence-corrected chi connectivity index (χ3v) is 2.69. The van der Waals surface area contributed by atoms with Crippen LogP contribution in [0.25, 0.3) is 10.9 Å². The number of aromatic nitrogens is 2. The molecular weight excluding hydrogens is 228 g/mol. The van der Waals surface area contributed by atoms with Crippen molar-refractivity contribution in [2.24, 2.45) is 5.92 Å². The van der Waals surface area contributed by atoms with Crippen LogP contribution in [0.2, 0.25) is 0 Å². The summed E-state index contributed by atoms with van der Waals surface area (Å²) in [4.78, 5) is 8.45. The molecule has 1 atom stereocenters. The second-order valence-corrected chi connectivity index (χ2v) is 4.39. The van der Waals surface area contributed by atoms with Crippen molar-refractivity contribution >= 4 is 22.7 Å². The molecular formula is C13H18N4O. The molecule has 18 heavy (non-hydrogen) atoms. The number of anilines is 2. The average molecular weight is 246 g/mol. The summed E-state index contributed by atoms with van der Waals surface area (Å²) in [6.07, 6.45) is 0. The Hall–Kier alpha value is -1.88. The highest BCUT2D eigenvalue weighted by Crippen LogP contribution is 2.20.